The zero-order chi connectivity index (χ0) is 26.2. The molecule has 1 N–H and O–H groups in total. The van der Waals surface area contributed by atoms with Crippen molar-refractivity contribution in [1.82, 2.24) is 10.3 Å². The van der Waals surface area contributed by atoms with Crippen molar-refractivity contribution in [2.45, 2.75) is 34.2 Å². The molecule has 3 nitrogen and oxygen atoms in total. The Morgan fingerprint density at radius 2 is 1.83 bits per heavy atom. The second-order valence-corrected chi connectivity index (χ2v) is 10.3. The van der Waals surface area contributed by atoms with Crippen molar-refractivity contribution in [2.75, 3.05) is 7.11 Å². The van der Waals surface area contributed by atoms with E-state index in [-0.39, 0.29) is 0 Å². The van der Waals surface area contributed by atoms with E-state index >= 15 is 0 Å². The molecule has 0 saturated heterocycles. The molecule has 1 aromatic carbocycles. The van der Waals surface area contributed by atoms with E-state index in [0.717, 1.165) is 23.7 Å². The van der Waals surface area contributed by atoms with Crippen molar-refractivity contribution in [3.63, 3.8) is 0 Å². The Kier molecular flexibility index (Phi) is 13.0. The molecule has 3 aromatic heterocycles. The fourth-order valence-corrected chi connectivity index (χ4v) is 4.33. The van der Waals surface area contributed by atoms with Crippen LogP contribution in [0.2, 0.25) is 0 Å². The van der Waals surface area contributed by atoms with Crippen LogP contribution < -0.4 is 10.1 Å². The predicted octanol–water partition coefficient (Wildman–Crippen LogP) is 8.91. The number of thiophene rings is 2. The average molecular weight is 517 g/mol. The van der Waals surface area contributed by atoms with Crippen LogP contribution in [0.15, 0.2) is 109 Å². The van der Waals surface area contributed by atoms with Crippen molar-refractivity contribution in [3.05, 3.63) is 130 Å². The van der Waals surface area contributed by atoms with Gasteiger partial charge in [0.2, 0.25) is 0 Å². The maximum Gasteiger partial charge on any atom is 0.119 e. The van der Waals surface area contributed by atoms with Gasteiger partial charge >= 0.3 is 0 Å². The largest absolute Gasteiger partial charge is 0.497 e. The fraction of sp³-hybridized carbons (Fsp3) is 0.194. The zero-order valence-corrected chi connectivity index (χ0v) is 23.5. The molecule has 0 atom stereocenters. The van der Waals surface area contributed by atoms with Gasteiger partial charge in [0.1, 0.15) is 5.75 Å². The van der Waals surface area contributed by atoms with Gasteiger partial charge in [0.15, 0.2) is 0 Å². The highest BCUT2D eigenvalue weighted by Gasteiger charge is 2.01. The van der Waals surface area contributed by atoms with Gasteiger partial charge in [-0.2, -0.15) is 0 Å². The standard InChI is InChI=1S/C16H21NO.C10H9NS.C5H6S/c1-5-6-7-8-14(3)17-12-15-11-16(18-4)10-9-13(15)2;1-8-5-6-10(12-8)9-4-2-3-7-11-9;1-5-3-2-4-6-5/h5-11,17H,3,12H2,1-2,4H3;2-7H,1H3;2-4H,1H3/b6-5-,8-7-;;. The van der Waals surface area contributed by atoms with Crippen molar-refractivity contribution in [2.24, 2.45) is 0 Å². The summed E-state index contributed by atoms with van der Waals surface area (Å²) in [6.07, 6.45) is 9.70. The van der Waals surface area contributed by atoms with E-state index in [1.165, 1.54) is 25.8 Å². The molecule has 188 valence electrons. The lowest BCUT2D eigenvalue weighted by Crippen LogP contribution is -2.11. The topological polar surface area (TPSA) is 34.1 Å². The number of aryl methyl sites for hydroxylation is 3. The predicted molar refractivity (Wildman–Crippen MR) is 159 cm³/mol. The van der Waals surface area contributed by atoms with Crippen LogP contribution in [0.1, 0.15) is 27.8 Å². The lowest BCUT2D eigenvalue weighted by Gasteiger charge is -2.10. The summed E-state index contributed by atoms with van der Waals surface area (Å²) in [6.45, 7) is 13.0. The number of allylic oxidation sites excluding steroid dienone is 4. The molecule has 0 radical (unpaired) electrons. The molecule has 0 aliphatic heterocycles. The van der Waals surface area contributed by atoms with E-state index in [4.69, 9.17) is 4.74 Å². The monoisotopic (exact) mass is 516 g/mol. The Morgan fingerprint density at radius 3 is 2.39 bits per heavy atom. The normalized spacial score (nSPS) is 10.4. The number of pyridine rings is 1. The van der Waals surface area contributed by atoms with Crippen LogP contribution >= 0.6 is 22.7 Å². The van der Waals surface area contributed by atoms with Gasteiger partial charge in [-0.05, 0) is 92.7 Å². The number of benzene rings is 1. The fourth-order valence-electron chi connectivity index (χ4n) is 2.96. The molecule has 0 unspecified atom stereocenters. The van der Waals surface area contributed by atoms with E-state index in [0.29, 0.717) is 0 Å². The lowest BCUT2D eigenvalue weighted by molar-refractivity contribution is 0.414. The first-order valence-corrected chi connectivity index (χ1v) is 13.5. The third kappa shape index (κ3) is 10.9. The molecular formula is C31H36N2OS2. The van der Waals surface area contributed by atoms with Gasteiger partial charge in [-0.25, -0.2) is 0 Å². The zero-order valence-electron chi connectivity index (χ0n) is 21.8. The van der Waals surface area contributed by atoms with Crippen LogP contribution in [0.5, 0.6) is 5.75 Å². The van der Waals surface area contributed by atoms with E-state index in [1.54, 1.807) is 29.8 Å². The maximum atomic E-state index is 5.22. The number of nitrogens with one attached hydrogen (secondary N) is 1. The number of ether oxygens (including phenoxy) is 1. The number of hydrogen-bond donors (Lipinski definition) is 1. The van der Waals surface area contributed by atoms with E-state index < -0.39 is 0 Å². The van der Waals surface area contributed by atoms with Gasteiger partial charge in [0.25, 0.3) is 0 Å². The molecule has 3 heterocycles. The molecule has 4 rings (SSSR count). The third-order valence-electron chi connectivity index (χ3n) is 4.98. The van der Waals surface area contributed by atoms with Gasteiger partial charge in [-0.15, -0.1) is 22.7 Å². The molecule has 0 aliphatic carbocycles. The van der Waals surface area contributed by atoms with Crippen molar-refractivity contribution in [3.8, 4) is 16.3 Å². The summed E-state index contributed by atoms with van der Waals surface area (Å²) < 4.78 is 5.22. The molecule has 0 saturated carbocycles. The summed E-state index contributed by atoms with van der Waals surface area (Å²) in [7, 11) is 1.68. The van der Waals surface area contributed by atoms with Gasteiger partial charge in [0, 0.05) is 28.2 Å². The minimum Gasteiger partial charge on any atom is -0.497 e. The summed E-state index contributed by atoms with van der Waals surface area (Å²) in [5, 5.41) is 5.36. The number of rotatable bonds is 7. The Labute approximate surface area is 224 Å². The molecule has 0 aliphatic rings. The number of nitrogens with zero attached hydrogens (tertiary/aromatic N) is 1. The summed E-state index contributed by atoms with van der Waals surface area (Å²) in [5.74, 6) is 0.882. The third-order valence-corrected chi connectivity index (χ3v) is 6.81. The molecule has 0 spiro atoms. The first-order chi connectivity index (χ1) is 17.4. The van der Waals surface area contributed by atoms with Crippen LogP contribution in [-0.4, -0.2) is 12.1 Å². The van der Waals surface area contributed by atoms with Gasteiger partial charge in [-0.3, -0.25) is 4.98 Å². The van der Waals surface area contributed by atoms with E-state index in [1.807, 2.05) is 67.8 Å². The lowest BCUT2D eigenvalue weighted by atomic mass is 10.1. The minimum atomic E-state index is 0.752. The van der Waals surface area contributed by atoms with Crippen LogP contribution in [0.4, 0.5) is 0 Å². The Hall–Kier alpha value is -3.41. The molecule has 0 amide bonds. The Balaban J connectivity index is 0.000000215. The van der Waals surface area contributed by atoms with Crippen LogP contribution in [-0.2, 0) is 6.54 Å². The number of hydrogen-bond acceptors (Lipinski definition) is 5. The second kappa shape index (κ2) is 16.3. The molecule has 36 heavy (non-hydrogen) atoms. The summed E-state index contributed by atoms with van der Waals surface area (Å²) in [6, 6.07) is 20.5. The van der Waals surface area contributed by atoms with Crippen molar-refractivity contribution in [1.29, 1.82) is 0 Å². The molecule has 5 heteroatoms. The smallest absolute Gasteiger partial charge is 0.119 e. The van der Waals surface area contributed by atoms with Crippen LogP contribution in [0.25, 0.3) is 10.6 Å². The Morgan fingerprint density at radius 1 is 1.00 bits per heavy atom. The molecule has 0 bridgehead atoms. The first-order valence-electron chi connectivity index (χ1n) is 11.8. The average Bonchev–Trinajstić information content (AvgIpc) is 3.56. The number of methoxy groups -OCH3 is 1. The Bertz CT molecular complexity index is 1220. The maximum absolute atomic E-state index is 5.22. The molecule has 4 aromatic rings. The summed E-state index contributed by atoms with van der Waals surface area (Å²) in [4.78, 5) is 8.23. The summed E-state index contributed by atoms with van der Waals surface area (Å²) in [5.41, 5.74) is 4.43. The highest BCUT2D eigenvalue weighted by Crippen LogP contribution is 2.25. The highest BCUT2D eigenvalue weighted by molar-refractivity contribution is 7.15. The quantitative estimate of drug-likeness (QED) is 0.249. The molecular weight excluding hydrogens is 480 g/mol. The molecule has 0 fully saturated rings. The minimum absolute atomic E-state index is 0.752. The number of aromatic nitrogens is 1. The SMILES string of the molecule is C=C(/C=C\C=C/C)NCc1cc(OC)ccc1C.Cc1ccc(-c2ccccn2)s1.Cc1cccs1. The van der Waals surface area contributed by atoms with Gasteiger partial charge in [0.05, 0.1) is 17.7 Å². The second-order valence-electron chi connectivity index (χ2n) is 7.91. The highest BCUT2D eigenvalue weighted by atomic mass is 32.1. The van der Waals surface area contributed by atoms with Crippen molar-refractivity contribution >= 4 is 22.7 Å². The van der Waals surface area contributed by atoms with Crippen LogP contribution in [0, 0.1) is 20.8 Å². The summed E-state index contributed by atoms with van der Waals surface area (Å²) >= 11 is 3.56. The van der Waals surface area contributed by atoms with Crippen LogP contribution in [0.3, 0.4) is 0 Å². The van der Waals surface area contributed by atoms with Crippen molar-refractivity contribution < 1.29 is 4.74 Å². The van der Waals surface area contributed by atoms with Gasteiger partial charge < -0.3 is 10.1 Å². The van der Waals surface area contributed by atoms with Gasteiger partial charge in [-0.1, -0.05) is 43.0 Å². The first kappa shape index (κ1) is 28.8. The van der Waals surface area contributed by atoms with E-state index in [9.17, 15) is 0 Å². The van der Waals surface area contributed by atoms with E-state index in [2.05, 4.69) is 73.4 Å².